The number of methoxy groups -OCH3 is 2. The Morgan fingerprint density at radius 2 is 1.97 bits per heavy atom. The number of ether oxygens (including phenoxy) is 2. The van der Waals surface area contributed by atoms with Crippen LogP contribution in [0.1, 0.15) is 31.7 Å². The normalized spacial score (nSPS) is 18.5. The lowest BCUT2D eigenvalue weighted by molar-refractivity contribution is -0.149. The summed E-state index contributed by atoms with van der Waals surface area (Å²) in [7, 11) is 2.55. The molecule has 3 atom stereocenters. The molecule has 1 N–H and O–H groups in total. The van der Waals surface area contributed by atoms with Crippen molar-refractivity contribution >= 4 is 17.8 Å². The lowest BCUT2D eigenvalue weighted by Crippen LogP contribution is -2.50. The van der Waals surface area contributed by atoms with Crippen molar-refractivity contribution in [1.82, 2.24) is 10.2 Å². The standard InChI is InChI=1S/C19H23F3N2O5/c1-10(28-2)18(19(27)29-3)23-15(25)8-13-4-5-16(26)24(13)9-11-6-12(20)7-14(21)17(11)22/h6-7,10,13,18H,4-5,8-9H2,1-3H3,(H,23,25)/t10-,13+,18+/m1/s1. The van der Waals surface area contributed by atoms with Gasteiger partial charge in [0.2, 0.25) is 11.8 Å². The molecule has 1 heterocycles. The fourth-order valence-electron chi connectivity index (χ4n) is 3.21. The van der Waals surface area contributed by atoms with Gasteiger partial charge in [0.25, 0.3) is 0 Å². The molecule has 2 rings (SSSR count). The van der Waals surface area contributed by atoms with E-state index in [4.69, 9.17) is 4.74 Å². The highest BCUT2D eigenvalue weighted by molar-refractivity contribution is 5.86. The van der Waals surface area contributed by atoms with E-state index in [0.717, 1.165) is 6.07 Å². The van der Waals surface area contributed by atoms with Crippen molar-refractivity contribution in [2.24, 2.45) is 0 Å². The minimum Gasteiger partial charge on any atom is -0.467 e. The molecule has 160 valence electrons. The van der Waals surface area contributed by atoms with E-state index in [1.54, 1.807) is 6.92 Å². The van der Waals surface area contributed by atoms with Crippen molar-refractivity contribution in [3.8, 4) is 0 Å². The van der Waals surface area contributed by atoms with Crippen LogP contribution >= 0.6 is 0 Å². The van der Waals surface area contributed by atoms with Crippen molar-refractivity contribution in [1.29, 1.82) is 0 Å². The molecule has 1 aromatic rings. The van der Waals surface area contributed by atoms with E-state index in [0.29, 0.717) is 12.5 Å². The molecule has 1 saturated heterocycles. The number of nitrogens with one attached hydrogen (secondary N) is 1. The second kappa shape index (κ2) is 9.73. The van der Waals surface area contributed by atoms with Gasteiger partial charge in [-0.25, -0.2) is 18.0 Å². The highest BCUT2D eigenvalue weighted by atomic mass is 19.2. The molecule has 1 aliphatic heterocycles. The van der Waals surface area contributed by atoms with Crippen LogP contribution in [0, 0.1) is 17.5 Å². The van der Waals surface area contributed by atoms with E-state index < -0.39 is 47.5 Å². The monoisotopic (exact) mass is 416 g/mol. The maximum atomic E-state index is 14.0. The molecule has 1 fully saturated rings. The minimum atomic E-state index is -1.35. The summed E-state index contributed by atoms with van der Waals surface area (Å²) in [6.45, 7) is 1.21. The molecule has 0 bridgehead atoms. The first-order valence-corrected chi connectivity index (χ1v) is 9.00. The van der Waals surface area contributed by atoms with Gasteiger partial charge in [-0.3, -0.25) is 9.59 Å². The lowest BCUT2D eigenvalue weighted by atomic mass is 10.1. The number of rotatable bonds is 8. The molecule has 0 saturated carbocycles. The van der Waals surface area contributed by atoms with Crippen molar-refractivity contribution in [2.75, 3.05) is 14.2 Å². The number of nitrogens with zero attached hydrogens (tertiary/aromatic N) is 1. The molecule has 7 nitrogen and oxygen atoms in total. The van der Waals surface area contributed by atoms with E-state index in [1.807, 2.05) is 0 Å². The number of carbonyl (C=O) groups is 3. The van der Waals surface area contributed by atoms with Crippen molar-refractivity contribution < 1.29 is 37.0 Å². The smallest absolute Gasteiger partial charge is 0.331 e. The molecule has 0 aliphatic carbocycles. The first-order chi connectivity index (χ1) is 13.7. The summed E-state index contributed by atoms with van der Waals surface area (Å²) in [4.78, 5) is 37.7. The van der Waals surface area contributed by atoms with E-state index in [-0.39, 0.29) is 30.9 Å². The van der Waals surface area contributed by atoms with Gasteiger partial charge < -0.3 is 19.7 Å². The molecule has 10 heteroatoms. The minimum absolute atomic E-state index is 0.117. The van der Waals surface area contributed by atoms with Crippen LogP contribution in [0.4, 0.5) is 13.2 Å². The van der Waals surface area contributed by atoms with E-state index in [9.17, 15) is 27.6 Å². The number of halogens is 3. The molecule has 1 aliphatic rings. The van der Waals surface area contributed by atoms with Crippen molar-refractivity contribution in [3.05, 3.63) is 35.1 Å². The topological polar surface area (TPSA) is 84.9 Å². The predicted molar refractivity (Wildman–Crippen MR) is 94.9 cm³/mol. The summed E-state index contributed by atoms with van der Waals surface area (Å²) < 4.78 is 50.5. The zero-order valence-electron chi connectivity index (χ0n) is 16.3. The molecule has 29 heavy (non-hydrogen) atoms. The Kier molecular flexibility index (Phi) is 7.60. The maximum Gasteiger partial charge on any atom is 0.331 e. The quantitative estimate of drug-likeness (QED) is 0.515. The van der Waals surface area contributed by atoms with Crippen molar-refractivity contribution in [3.63, 3.8) is 0 Å². The van der Waals surface area contributed by atoms with E-state index in [1.165, 1.54) is 19.1 Å². The Hall–Kier alpha value is -2.62. The molecule has 2 amide bonds. The number of hydrogen-bond acceptors (Lipinski definition) is 5. The van der Waals surface area contributed by atoms with Crippen LogP contribution in [0.2, 0.25) is 0 Å². The third-order valence-corrected chi connectivity index (χ3v) is 4.90. The Labute approximate surface area is 166 Å². The molecule has 0 radical (unpaired) electrons. The second-order valence-corrected chi connectivity index (χ2v) is 6.79. The van der Waals surface area contributed by atoms with Gasteiger partial charge in [0.15, 0.2) is 17.7 Å². The number of likely N-dealkylation sites (tertiary alicyclic amines) is 1. The second-order valence-electron chi connectivity index (χ2n) is 6.79. The summed E-state index contributed by atoms with van der Waals surface area (Å²) >= 11 is 0. The van der Waals surface area contributed by atoms with Gasteiger partial charge in [-0.15, -0.1) is 0 Å². The summed E-state index contributed by atoms with van der Waals surface area (Å²) in [5, 5.41) is 2.50. The molecule has 0 aromatic heterocycles. The first kappa shape index (κ1) is 22.7. The fraction of sp³-hybridized carbons (Fsp3) is 0.526. The third kappa shape index (κ3) is 5.47. The van der Waals surface area contributed by atoms with Crippen LogP contribution in [0.5, 0.6) is 0 Å². The number of hydrogen-bond donors (Lipinski definition) is 1. The van der Waals surface area contributed by atoms with Gasteiger partial charge in [0.05, 0.1) is 13.2 Å². The fourth-order valence-corrected chi connectivity index (χ4v) is 3.21. The van der Waals surface area contributed by atoms with Gasteiger partial charge in [0, 0.05) is 44.2 Å². The zero-order chi connectivity index (χ0) is 21.7. The van der Waals surface area contributed by atoms with Crippen LogP contribution in [-0.4, -0.2) is 55.1 Å². The van der Waals surface area contributed by atoms with Gasteiger partial charge in [-0.2, -0.15) is 0 Å². The van der Waals surface area contributed by atoms with Crippen LogP contribution in [0.15, 0.2) is 12.1 Å². The van der Waals surface area contributed by atoms with Crippen LogP contribution < -0.4 is 5.32 Å². The van der Waals surface area contributed by atoms with Gasteiger partial charge >= 0.3 is 5.97 Å². The Morgan fingerprint density at radius 3 is 2.59 bits per heavy atom. The Bertz CT molecular complexity index is 789. The van der Waals surface area contributed by atoms with Gasteiger partial charge in [-0.1, -0.05) is 0 Å². The van der Waals surface area contributed by atoms with Crippen molar-refractivity contribution in [2.45, 2.75) is 50.9 Å². The molecular weight excluding hydrogens is 393 g/mol. The zero-order valence-corrected chi connectivity index (χ0v) is 16.3. The number of carbonyl (C=O) groups excluding carboxylic acids is 3. The Morgan fingerprint density at radius 1 is 1.28 bits per heavy atom. The average molecular weight is 416 g/mol. The van der Waals surface area contributed by atoms with Crippen LogP contribution in [0.3, 0.4) is 0 Å². The average Bonchev–Trinajstić information content (AvgIpc) is 3.01. The molecular formula is C19H23F3N2O5. The van der Waals surface area contributed by atoms with Gasteiger partial charge in [-0.05, 0) is 19.4 Å². The van der Waals surface area contributed by atoms with Crippen LogP contribution in [-0.2, 0) is 30.4 Å². The van der Waals surface area contributed by atoms with Crippen LogP contribution in [0.25, 0.3) is 0 Å². The largest absolute Gasteiger partial charge is 0.467 e. The summed E-state index contributed by atoms with van der Waals surface area (Å²) in [5.74, 6) is -5.15. The highest BCUT2D eigenvalue weighted by Crippen LogP contribution is 2.26. The SMILES string of the molecule is COC(=O)[C@@H](NC(=O)C[C@@H]1CCC(=O)N1Cc1cc(F)cc(F)c1F)[C@@H](C)OC. The third-order valence-electron chi connectivity index (χ3n) is 4.90. The first-order valence-electron chi connectivity index (χ1n) is 9.00. The molecule has 0 unspecified atom stereocenters. The number of benzene rings is 1. The predicted octanol–water partition coefficient (Wildman–Crippen LogP) is 1.68. The summed E-state index contributed by atoms with van der Waals surface area (Å²) in [6, 6.07) is -0.420. The maximum absolute atomic E-state index is 14.0. The van der Waals surface area contributed by atoms with E-state index >= 15 is 0 Å². The highest BCUT2D eigenvalue weighted by Gasteiger charge is 2.35. The number of amides is 2. The van der Waals surface area contributed by atoms with E-state index in [2.05, 4.69) is 10.1 Å². The Balaban J connectivity index is 2.10. The number of esters is 1. The molecule has 0 spiro atoms. The summed E-state index contributed by atoms with van der Waals surface area (Å²) in [5.41, 5.74) is -0.316. The summed E-state index contributed by atoms with van der Waals surface area (Å²) in [6.07, 6.45) is -0.396. The lowest BCUT2D eigenvalue weighted by Gasteiger charge is -2.26. The molecule has 1 aromatic carbocycles. The van der Waals surface area contributed by atoms with Gasteiger partial charge in [0.1, 0.15) is 5.82 Å².